The second-order valence-corrected chi connectivity index (χ2v) is 3.30. The fourth-order valence-corrected chi connectivity index (χ4v) is 0.614. The summed E-state index contributed by atoms with van der Waals surface area (Å²) in [5, 5.41) is 9.61. The van der Waals surface area contributed by atoms with Gasteiger partial charge < -0.3 is 14.7 Å². The highest BCUT2D eigenvalue weighted by molar-refractivity contribution is 8.02. The summed E-state index contributed by atoms with van der Waals surface area (Å²) in [6.07, 6.45) is 1.84. The zero-order valence-electron chi connectivity index (χ0n) is 8.47. The number of thioether (sulfide) groups is 1. The van der Waals surface area contributed by atoms with Gasteiger partial charge in [-0.1, -0.05) is 18.3 Å². The Morgan fingerprint density at radius 3 is 2.80 bits per heavy atom. The summed E-state index contributed by atoms with van der Waals surface area (Å²) >= 11 is 1.28. The van der Waals surface area contributed by atoms with Gasteiger partial charge in [0.1, 0.15) is 19.3 Å². The number of carbonyl (C=O) groups is 1. The van der Waals surface area contributed by atoms with Crippen LogP contribution in [0.25, 0.3) is 0 Å². The summed E-state index contributed by atoms with van der Waals surface area (Å²) in [5.74, 6) is -0.594. The van der Waals surface area contributed by atoms with E-state index in [1.807, 2.05) is 0 Å². The Hall–Kier alpha value is -0.980. The van der Waals surface area contributed by atoms with E-state index in [-0.39, 0.29) is 13.2 Å². The normalized spacial score (nSPS) is 11.6. The van der Waals surface area contributed by atoms with Gasteiger partial charge in [0.2, 0.25) is 0 Å². The van der Waals surface area contributed by atoms with E-state index in [4.69, 9.17) is 0 Å². The van der Waals surface area contributed by atoms with Crippen LogP contribution in [-0.2, 0) is 19.3 Å². The average molecular weight is 234 g/mol. The number of esters is 1. The van der Waals surface area contributed by atoms with Gasteiger partial charge in [0.15, 0.2) is 5.09 Å². The number of ether oxygens (including phenoxy) is 1. The highest BCUT2D eigenvalue weighted by Gasteiger charge is 2.08. The first-order valence-electron chi connectivity index (χ1n) is 4.09. The molecule has 0 aromatic heterocycles. The zero-order valence-corrected chi connectivity index (χ0v) is 9.29. The second kappa shape index (κ2) is 8.34. The number of hydrogen-bond acceptors (Lipinski definition) is 6. The van der Waals surface area contributed by atoms with Crippen molar-refractivity contribution in [3.8, 4) is 0 Å². The molecule has 0 aliphatic carbocycles. The van der Waals surface area contributed by atoms with Gasteiger partial charge in [0.25, 0.3) is 0 Å². The lowest BCUT2D eigenvalue weighted by Crippen LogP contribution is -2.23. The van der Waals surface area contributed by atoms with Crippen LogP contribution in [0, 0.1) is 0 Å². The van der Waals surface area contributed by atoms with Gasteiger partial charge in [0, 0.05) is 6.08 Å². The van der Waals surface area contributed by atoms with Crippen LogP contribution in [-0.4, -0.2) is 36.6 Å². The molecule has 0 aliphatic rings. The molecular formula is C9H14O5S. The summed E-state index contributed by atoms with van der Waals surface area (Å²) in [5.41, 5.74) is 0. The molecule has 0 heterocycles. The van der Waals surface area contributed by atoms with E-state index >= 15 is 0 Å². The van der Waals surface area contributed by atoms with Crippen LogP contribution >= 0.6 is 11.8 Å². The molecule has 1 unspecified atom stereocenters. The quantitative estimate of drug-likeness (QED) is 0.221. The molecule has 0 amide bonds. The van der Waals surface area contributed by atoms with Crippen molar-refractivity contribution in [1.29, 1.82) is 0 Å². The number of aliphatic hydroxyl groups is 1. The molecular weight excluding hydrogens is 220 g/mol. The molecule has 0 radical (unpaired) electrons. The lowest BCUT2D eigenvalue weighted by atomic mass is 10.4. The van der Waals surface area contributed by atoms with Crippen molar-refractivity contribution in [2.24, 2.45) is 0 Å². The maximum Gasteiger partial charge on any atom is 0.330 e. The Morgan fingerprint density at radius 1 is 1.60 bits per heavy atom. The van der Waals surface area contributed by atoms with E-state index in [0.717, 1.165) is 6.08 Å². The molecule has 5 nitrogen and oxygen atoms in total. The van der Waals surface area contributed by atoms with Crippen molar-refractivity contribution in [2.75, 3.05) is 19.5 Å². The second-order valence-electron chi connectivity index (χ2n) is 2.43. The summed E-state index contributed by atoms with van der Waals surface area (Å²) in [6.45, 7) is 6.43. The molecule has 1 atom stereocenters. The first-order chi connectivity index (χ1) is 7.10. The maximum atomic E-state index is 10.6. The Balaban J connectivity index is 3.48. The van der Waals surface area contributed by atoms with E-state index in [0.29, 0.717) is 5.09 Å². The van der Waals surface area contributed by atoms with Crippen molar-refractivity contribution in [3.05, 3.63) is 24.3 Å². The molecule has 86 valence electrons. The van der Waals surface area contributed by atoms with Gasteiger partial charge in [0.05, 0.1) is 0 Å². The standard InChI is InChI=1S/C9H14O5S/c1-4-9(11)12-5-8(10)6-13-14-7(2)15-3/h4,8,10H,1-2,5-6H2,3H3. The van der Waals surface area contributed by atoms with Crippen molar-refractivity contribution in [2.45, 2.75) is 6.10 Å². The molecule has 0 bridgehead atoms. The number of aliphatic hydroxyl groups excluding tert-OH is 1. The smallest absolute Gasteiger partial charge is 0.330 e. The Kier molecular flexibility index (Phi) is 7.79. The van der Waals surface area contributed by atoms with Gasteiger partial charge in [-0.25, -0.2) is 4.79 Å². The molecule has 0 fully saturated rings. The Morgan fingerprint density at radius 2 is 2.27 bits per heavy atom. The van der Waals surface area contributed by atoms with Gasteiger partial charge in [-0.2, -0.15) is 4.89 Å². The molecule has 0 saturated heterocycles. The lowest BCUT2D eigenvalue weighted by Gasteiger charge is -2.10. The van der Waals surface area contributed by atoms with Crippen molar-refractivity contribution >= 4 is 17.7 Å². The van der Waals surface area contributed by atoms with Crippen molar-refractivity contribution < 1.29 is 24.4 Å². The fourth-order valence-electron chi connectivity index (χ4n) is 0.498. The highest BCUT2D eigenvalue weighted by Crippen LogP contribution is 2.09. The minimum absolute atomic E-state index is 0.107. The Labute approximate surface area is 92.6 Å². The minimum atomic E-state index is -0.941. The summed E-state index contributed by atoms with van der Waals surface area (Å²) in [7, 11) is 0. The number of rotatable bonds is 8. The molecule has 1 N–H and O–H groups in total. The molecule has 0 aliphatic heterocycles. The molecule has 6 heteroatoms. The van der Waals surface area contributed by atoms with Crippen LogP contribution in [0.1, 0.15) is 0 Å². The van der Waals surface area contributed by atoms with E-state index < -0.39 is 12.1 Å². The van der Waals surface area contributed by atoms with E-state index in [9.17, 15) is 9.90 Å². The SMILES string of the molecule is C=CC(=O)OCC(O)COOC(=C)SC. The summed E-state index contributed by atoms with van der Waals surface area (Å²) in [4.78, 5) is 19.9. The monoisotopic (exact) mass is 234 g/mol. The third-order valence-corrected chi connectivity index (χ3v) is 1.75. The summed E-state index contributed by atoms with van der Waals surface area (Å²) in [6, 6.07) is 0. The minimum Gasteiger partial charge on any atom is -0.460 e. The number of hydrogen-bond donors (Lipinski definition) is 1. The van der Waals surface area contributed by atoms with Gasteiger partial charge in [-0.3, -0.25) is 0 Å². The first-order valence-corrected chi connectivity index (χ1v) is 5.32. The molecule has 0 aromatic rings. The van der Waals surface area contributed by atoms with Gasteiger partial charge in [-0.05, 0) is 12.8 Å². The summed E-state index contributed by atoms with van der Waals surface area (Å²) < 4.78 is 4.57. The molecule has 0 saturated carbocycles. The topological polar surface area (TPSA) is 65.0 Å². The van der Waals surface area contributed by atoms with Crippen LogP contribution in [0.3, 0.4) is 0 Å². The molecule has 0 rings (SSSR count). The van der Waals surface area contributed by atoms with Crippen molar-refractivity contribution in [1.82, 2.24) is 0 Å². The lowest BCUT2D eigenvalue weighted by molar-refractivity contribution is -0.268. The van der Waals surface area contributed by atoms with E-state index in [2.05, 4.69) is 27.7 Å². The van der Waals surface area contributed by atoms with Crippen LogP contribution < -0.4 is 0 Å². The van der Waals surface area contributed by atoms with Crippen LogP contribution in [0.2, 0.25) is 0 Å². The van der Waals surface area contributed by atoms with E-state index in [1.165, 1.54) is 11.8 Å². The van der Waals surface area contributed by atoms with Crippen LogP contribution in [0.5, 0.6) is 0 Å². The van der Waals surface area contributed by atoms with E-state index in [1.54, 1.807) is 6.26 Å². The van der Waals surface area contributed by atoms with Crippen LogP contribution in [0.4, 0.5) is 0 Å². The van der Waals surface area contributed by atoms with Crippen LogP contribution in [0.15, 0.2) is 24.3 Å². The fraction of sp³-hybridized carbons (Fsp3) is 0.444. The number of carbonyl (C=O) groups excluding carboxylic acids is 1. The molecule has 0 aromatic carbocycles. The molecule has 0 spiro atoms. The largest absolute Gasteiger partial charge is 0.460 e. The third-order valence-electron chi connectivity index (χ3n) is 1.22. The van der Waals surface area contributed by atoms with Gasteiger partial charge in [-0.15, -0.1) is 0 Å². The van der Waals surface area contributed by atoms with Crippen molar-refractivity contribution in [3.63, 3.8) is 0 Å². The third kappa shape index (κ3) is 8.04. The predicted molar refractivity (Wildman–Crippen MR) is 56.9 cm³/mol. The maximum absolute atomic E-state index is 10.6. The zero-order chi connectivity index (χ0) is 11.7. The highest BCUT2D eigenvalue weighted by atomic mass is 32.2. The van der Waals surface area contributed by atoms with Gasteiger partial charge >= 0.3 is 5.97 Å². The molecule has 15 heavy (non-hydrogen) atoms. The Bertz CT molecular complexity index is 229. The predicted octanol–water partition coefficient (Wildman–Crippen LogP) is 0.859. The average Bonchev–Trinajstić information content (AvgIpc) is 2.25. The first kappa shape index (κ1) is 14.0.